The molecular formula is C18H40F4N4P2. The van der Waals surface area contributed by atoms with Crippen molar-refractivity contribution in [1.29, 1.82) is 0 Å². The molecule has 0 spiro atoms. The predicted octanol–water partition coefficient (Wildman–Crippen LogP) is 6.58. The zero-order chi connectivity index (χ0) is 22.3. The molecule has 0 amide bonds. The van der Waals surface area contributed by atoms with Gasteiger partial charge in [0.2, 0.25) is 0 Å². The average molecular weight is 450 g/mol. The molecular weight excluding hydrogens is 410 g/mol. The van der Waals surface area contributed by atoms with E-state index in [1.54, 1.807) is 55.4 Å². The van der Waals surface area contributed by atoms with E-state index in [1.807, 2.05) is 11.3 Å². The van der Waals surface area contributed by atoms with Crippen molar-refractivity contribution in [2.75, 3.05) is 52.4 Å². The molecule has 0 aliphatic carbocycles. The van der Waals surface area contributed by atoms with Crippen LogP contribution in [0.2, 0.25) is 0 Å². The van der Waals surface area contributed by atoms with E-state index in [-0.39, 0.29) is 52.4 Å². The van der Waals surface area contributed by atoms with Crippen molar-refractivity contribution in [3.63, 3.8) is 0 Å². The summed E-state index contributed by atoms with van der Waals surface area (Å²) in [5.41, 5.74) is 3.96. The average Bonchev–Trinajstić information content (AvgIpc) is 2.64. The molecule has 0 saturated carbocycles. The van der Waals surface area contributed by atoms with E-state index in [2.05, 4.69) is 0 Å². The van der Waals surface area contributed by atoms with Crippen molar-refractivity contribution < 1.29 is 16.8 Å². The molecule has 0 aromatic heterocycles. The number of hydrogen-bond acceptors (Lipinski definition) is 4. The maximum atomic E-state index is 16.2. The Labute approximate surface area is 170 Å². The fourth-order valence-electron chi connectivity index (χ4n) is 3.63. The molecule has 0 aliphatic heterocycles. The summed E-state index contributed by atoms with van der Waals surface area (Å²) in [4.78, 5) is 0. The second-order valence-electron chi connectivity index (χ2n) is 6.43. The molecule has 0 unspecified atom stereocenters. The van der Waals surface area contributed by atoms with E-state index in [0.717, 1.165) is 18.7 Å². The summed E-state index contributed by atoms with van der Waals surface area (Å²) in [6, 6.07) is 0. The van der Waals surface area contributed by atoms with Gasteiger partial charge in [-0.25, -0.2) is 0 Å². The van der Waals surface area contributed by atoms with Gasteiger partial charge in [0.25, 0.3) is 0 Å². The normalized spacial score (nSPS) is 16.0. The first kappa shape index (κ1) is 28.0. The molecule has 0 fully saturated rings. The summed E-state index contributed by atoms with van der Waals surface area (Å²) in [7, 11) is -12.0. The van der Waals surface area contributed by atoms with Crippen LogP contribution in [0.4, 0.5) is 16.8 Å². The van der Waals surface area contributed by atoms with Crippen LogP contribution in [-0.2, 0) is 0 Å². The van der Waals surface area contributed by atoms with Crippen LogP contribution in [0.15, 0.2) is 0 Å². The summed E-state index contributed by atoms with van der Waals surface area (Å²) >= 11 is 0. The van der Waals surface area contributed by atoms with Gasteiger partial charge in [-0.1, -0.05) is 0 Å². The van der Waals surface area contributed by atoms with Crippen LogP contribution in [0, 0.1) is 11.3 Å². The van der Waals surface area contributed by atoms with E-state index in [4.69, 9.17) is 0 Å². The predicted molar refractivity (Wildman–Crippen MR) is 118 cm³/mol. The second-order valence-corrected chi connectivity index (χ2v) is 12.4. The van der Waals surface area contributed by atoms with Crippen molar-refractivity contribution in [2.24, 2.45) is 0 Å². The van der Waals surface area contributed by atoms with Crippen molar-refractivity contribution in [1.82, 2.24) is 18.7 Å². The summed E-state index contributed by atoms with van der Waals surface area (Å²) in [6.45, 7) is 13.4. The van der Waals surface area contributed by atoms with Crippen LogP contribution in [0.5, 0.6) is 0 Å². The topological polar surface area (TPSA) is 13.0 Å². The molecule has 0 aromatic carbocycles. The van der Waals surface area contributed by atoms with Gasteiger partial charge in [0, 0.05) is 0 Å². The van der Waals surface area contributed by atoms with Crippen molar-refractivity contribution >= 4 is 15.1 Å². The second kappa shape index (κ2) is 10.3. The Balaban J connectivity index is 6.96. The first-order chi connectivity index (χ1) is 12.9. The summed E-state index contributed by atoms with van der Waals surface area (Å²) in [5.74, 6) is 0. The Morgan fingerprint density at radius 1 is 0.429 bits per heavy atom. The summed E-state index contributed by atoms with van der Waals surface area (Å²) in [5, 5.41) is 0. The Hall–Kier alpha value is -0.0200. The third-order valence-electron chi connectivity index (χ3n) is 5.27. The van der Waals surface area contributed by atoms with Crippen LogP contribution in [0.3, 0.4) is 0 Å². The third kappa shape index (κ3) is 4.99. The van der Waals surface area contributed by atoms with Gasteiger partial charge in [-0.15, -0.1) is 0 Å². The van der Waals surface area contributed by atoms with Gasteiger partial charge in [-0.05, 0) is 0 Å². The number of hydrogen-bond donors (Lipinski definition) is 0. The first-order valence-corrected chi connectivity index (χ1v) is 14.2. The van der Waals surface area contributed by atoms with Gasteiger partial charge in [-0.2, -0.15) is 0 Å². The number of halogens is 4. The summed E-state index contributed by atoms with van der Waals surface area (Å²) in [6.07, 6.45) is 0. The SMILES string of the molecule is CCN(CC)P(F)(F)(C#CP(F)(F)(N(CC)CC)N(CC)CC)N(CC)CC. The molecule has 0 rings (SSSR count). The fourth-order valence-corrected chi connectivity index (χ4v) is 10.1. The van der Waals surface area contributed by atoms with E-state index in [9.17, 15) is 0 Å². The Bertz CT molecular complexity index is 472. The zero-order valence-corrected chi connectivity index (χ0v) is 20.6. The van der Waals surface area contributed by atoms with Crippen molar-refractivity contribution in [2.45, 2.75) is 55.4 Å². The Morgan fingerprint density at radius 3 is 0.679 bits per heavy atom. The van der Waals surface area contributed by atoms with Crippen LogP contribution in [0.25, 0.3) is 0 Å². The molecule has 4 nitrogen and oxygen atoms in total. The molecule has 0 N–H and O–H groups in total. The van der Waals surface area contributed by atoms with E-state index in [1.165, 1.54) is 0 Å². The van der Waals surface area contributed by atoms with Gasteiger partial charge >= 0.3 is 170 Å². The molecule has 0 heterocycles. The monoisotopic (exact) mass is 450 g/mol. The fraction of sp³-hybridized carbons (Fsp3) is 0.889. The molecule has 10 heteroatoms. The Kier molecular flexibility index (Phi) is 10.3. The minimum atomic E-state index is -6.00. The Morgan fingerprint density at radius 2 is 0.571 bits per heavy atom. The maximum absolute atomic E-state index is 16.2. The molecule has 0 aliphatic rings. The molecule has 0 atom stereocenters. The van der Waals surface area contributed by atoms with Crippen LogP contribution < -0.4 is 0 Å². The first-order valence-electron chi connectivity index (χ1n) is 10.4. The van der Waals surface area contributed by atoms with Crippen LogP contribution in [0.1, 0.15) is 55.4 Å². The van der Waals surface area contributed by atoms with Crippen LogP contribution in [-0.4, -0.2) is 71.0 Å². The third-order valence-corrected chi connectivity index (χ3v) is 12.5. The molecule has 170 valence electrons. The van der Waals surface area contributed by atoms with Crippen molar-refractivity contribution in [3.05, 3.63) is 0 Å². The minimum absolute atomic E-state index is 0.0531. The standard InChI is InChI=1S/C18H40F4N4P2/c1-9-23(10-2)27(19,20,24(11-3)12-4)17-18-28(21,22,25(13-5)14-6)26(15-7)16-8/h9-16H2,1-8H3. The van der Waals surface area contributed by atoms with Gasteiger partial charge in [0.15, 0.2) is 0 Å². The van der Waals surface area contributed by atoms with Gasteiger partial charge < -0.3 is 0 Å². The van der Waals surface area contributed by atoms with E-state index >= 15 is 16.8 Å². The van der Waals surface area contributed by atoms with E-state index in [0.29, 0.717) is 0 Å². The van der Waals surface area contributed by atoms with Gasteiger partial charge in [-0.3, -0.25) is 0 Å². The van der Waals surface area contributed by atoms with Gasteiger partial charge in [0.1, 0.15) is 0 Å². The molecule has 0 bridgehead atoms. The van der Waals surface area contributed by atoms with Crippen molar-refractivity contribution in [3.8, 4) is 11.3 Å². The van der Waals surface area contributed by atoms with Gasteiger partial charge in [0.05, 0.1) is 0 Å². The summed E-state index contributed by atoms with van der Waals surface area (Å²) < 4.78 is 69.0. The zero-order valence-electron chi connectivity index (χ0n) is 18.9. The number of rotatable bonds is 12. The molecule has 0 radical (unpaired) electrons. The number of nitrogens with zero attached hydrogens (tertiary/aromatic N) is 4. The molecule has 28 heavy (non-hydrogen) atoms. The van der Waals surface area contributed by atoms with Crippen LogP contribution >= 0.6 is 15.1 Å². The van der Waals surface area contributed by atoms with E-state index < -0.39 is 15.1 Å². The quantitative estimate of drug-likeness (QED) is 0.189. The molecule has 0 saturated heterocycles. The molecule has 0 aromatic rings.